The maximum Gasteiger partial charge on any atom is 0.410 e. The van der Waals surface area contributed by atoms with Crippen LogP contribution < -0.4 is 10.2 Å². The zero-order valence-electron chi connectivity index (χ0n) is 21.4. The van der Waals surface area contributed by atoms with Crippen molar-refractivity contribution in [3.63, 3.8) is 0 Å². The highest BCUT2D eigenvalue weighted by molar-refractivity contribution is 6.03. The summed E-state index contributed by atoms with van der Waals surface area (Å²) in [6.07, 6.45) is 2.24. The van der Waals surface area contributed by atoms with Crippen LogP contribution in [0.3, 0.4) is 0 Å². The summed E-state index contributed by atoms with van der Waals surface area (Å²) in [4.78, 5) is 33.8. The molecule has 1 fully saturated rings. The largest absolute Gasteiger partial charge is 0.444 e. The van der Waals surface area contributed by atoms with Gasteiger partial charge in [-0.2, -0.15) is 5.10 Å². The quantitative estimate of drug-likeness (QED) is 0.540. The number of carbonyl (C=O) groups excluding carboxylic acids is 2. The van der Waals surface area contributed by atoms with E-state index in [0.29, 0.717) is 44.1 Å². The molecule has 1 aliphatic rings. The summed E-state index contributed by atoms with van der Waals surface area (Å²) in [5.74, 6) is 0.581. The third-order valence-electron chi connectivity index (χ3n) is 5.78. The van der Waals surface area contributed by atoms with Gasteiger partial charge in [0.25, 0.3) is 5.91 Å². The van der Waals surface area contributed by atoms with Gasteiger partial charge in [-0.25, -0.2) is 9.78 Å². The lowest BCUT2D eigenvalue weighted by Crippen LogP contribution is -2.50. The normalized spacial score (nSPS) is 14.0. The monoisotopic (exact) mass is 490 g/mol. The third kappa shape index (κ3) is 6.21. The van der Waals surface area contributed by atoms with Crippen molar-refractivity contribution in [2.24, 2.45) is 0 Å². The van der Waals surface area contributed by atoms with Crippen molar-refractivity contribution in [1.29, 1.82) is 0 Å². The number of hydrogen-bond acceptors (Lipinski definition) is 6. The van der Waals surface area contributed by atoms with E-state index in [0.717, 1.165) is 23.5 Å². The van der Waals surface area contributed by atoms with Gasteiger partial charge in [-0.15, -0.1) is 0 Å². The Morgan fingerprint density at radius 2 is 1.75 bits per heavy atom. The fourth-order valence-corrected chi connectivity index (χ4v) is 4.02. The molecule has 1 aromatic carbocycles. The molecule has 190 valence electrons. The number of amides is 2. The van der Waals surface area contributed by atoms with Gasteiger partial charge in [-0.05, 0) is 45.4 Å². The van der Waals surface area contributed by atoms with Gasteiger partial charge >= 0.3 is 6.09 Å². The molecule has 2 amide bonds. The Kier molecular flexibility index (Phi) is 7.57. The van der Waals surface area contributed by atoms with Crippen molar-refractivity contribution in [2.45, 2.75) is 46.3 Å². The summed E-state index contributed by atoms with van der Waals surface area (Å²) in [6.45, 7) is 10.8. The predicted molar refractivity (Wildman–Crippen MR) is 140 cm³/mol. The van der Waals surface area contributed by atoms with Crippen molar-refractivity contribution in [3.05, 3.63) is 60.4 Å². The Morgan fingerprint density at radius 3 is 2.36 bits per heavy atom. The summed E-state index contributed by atoms with van der Waals surface area (Å²) >= 11 is 0. The summed E-state index contributed by atoms with van der Waals surface area (Å²) < 4.78 is 7.22. The van der Waals surface area contributed by atoms with Crippen molar-refractivity contribution < 1.29 is 14.3 Å². The number of ether oxygens (including phenoxy) is 1. The van der Waals surface area contributed by atoms with E-state index in [4.69, 9.17) is 4.74 Å². The lowest BCUT2D eigenvalue weighted by molar-refractivity contribution is 0.0240. The molecule has 36 heavy (non-hydrogen) atoms. The number of nitrogens with zero attached hydrogens (tertiary/aromatic N) is 5. The van der Waals surface area contributed by atoms with Gasteiger partial charge in [0, 0.05) is 38.3 Å². The lowest BCUT2D eigenvalue weighted by atomic mass is 10.1. The Balaban J connectivity index is 1.38. The standard InChI is InChI=1S/C27H34N6O3/c1-5-13-33-23(18-22(30-33)20-9-7-6-8-10-20)25(34)29-21-11-12-24(28-19-21)31-14-16-32(17-15-31)26(35)36-27(2,3)4/h6-12,18-19H,5,13-17H2,1-4H3,(H,29,34). The first-order valence-electron chi connectivity index (χ1n) is 12.4. The molecular formula is C27H34N6O3. The van der Waals surface area contributed by atoms with Crippen LogP contribution in [0.5, 0.6) is 0 Å². The van der Waals surface area contributed by atoms with Crippen molar-refractivity contribution in [2.75, 3.05) is 36.4 Å². The number of aryl methyl sites for hydroxylation is 1. The Morgan fingerprint density at radius 1 is 1.03 bits per heavy atom. The maximum absolute atomic E-state index is 13.1. The van der Waals surface area contributed by atoms with Crippen LogP contribution in [0.25, 0.3) is 11.3 Å². The minimum Gasteiger partial charge on any atom is -0.444 e. The molecule has 3 aromatic rings. The van der Waals surface area contributed by atoms with Crippen LogP contribution in [0.15, 0.2) is 54.7 Å². The fraction of sp³-hybridized carbons (Fsp3) is 0.407. The molecule has 0 saturated carbocycles. The molecule has 0 radical (unpaired) electrons. The fourth-order valence-electron chi connectivity index (χ4n) is 4.02. The topological polar surface area (TPSA) is 92.6 Å². The highest BCUT2D eigenvalue weighted by Gasteiger charge is 2.26. The zero-order chi connectivity index (χ0) is 25.7. The predicted octanol–water partition coefficient (Wildman–Crippen LogP) is 4.66. The number of benzene rings is 1. The van der Waals surface area contributed by atoms with Crippen LogP contribution in [0.1, 0.15) is 44.6 Å². The molecular weight excluding hydrogens is 456 g/mol. The third-order valence-corrected chi connectivity index (χ3v) is 5.78. The number of nitrogens with one attached hydrogen (secondary N) is 1. The first-order valence-corrected chi connectivity index (χ1v) is 12.4. The maximum atomic E-state index is 13.1. The molecule has 0 unspecified atom stereocenters. The van der Waals surface area contributed by atoms with Gasteiger partial charge in [0.15, 0.2) is 0 Å². The van der Waals surface area contributed by atoms with Gasteiger partial charge in [0.05, 0.1) is 17.6 Å². The van der Waals surface area contributed by atoms with Gasteiger partial charge < -0.3 is 19.9 Å². The number of piperazine rings is 1. The van der Waals surface area contributed by atoms with E-state index >= 15 is 0 Å². The average molecular weight is 491 g/mol. The molecule has 1 N–H and O–H groups in total. The second-order valence-corrected chi connectivity index (χ2v) is 9.82. The van der Waals surface area contributed by atoms with Crippen molar-refractivity contribution in [1.82, 2.24) is 19.7 Å². The Labute approximate surface area is 212 Å². The summed E-state index contributed by atoms with van der Waals surface area (Å²) in [5, 5.41) is 7.59. The molecule has 3 heterocycles. The summed E-state index contributed by atoms with van der Waals surface area (Å²) in [6, 6.07) is 15.4. The molecule has 9 heteroatoms. The second kappa shape index (κ2) is 10.8. The summed E-state index contributed by atoms with van der Waals surface area (Å²) in [7, 11) is 0. The lowest BCUT2D eigenvalue weighted by Gasteiger charge is -2.36. The smallest absolute Gasteiger partial charge is 0.410 e. The highest BCUT2D eigenvalue weighted by Crippen LogP contribution is 2.21. The molecule has 4 rings (SSSR count). The molecule has 0 aliphatic carbocycles. The van der Waals surface area contributed by atoms with E-state index in [2.05, 4.69) is 27.2 Å². The van der Waals surface area contributed by atoms with Crippen LogP contribution in [-0.2, 0) is 11.3 Å². The molecule has 1 aliphatic heterocycles. The first kappa shape index (κ1) is 25.2. The van der Waals surface area contributed by atoms with Gasteiger partial charge in [0.2, 0.25) is 0 Å². The van der Waals surface area contributed by atoms with Gasteiger partial charge in [-0.3, -0.25) is 9.48 Å². The SMILES string of the molecule is CCCn1nc(-c2ccccc2)cc1C(=O)Nc1ccc(N2CCN(C(=O)OC(C)(C)C)CC2)nc1. The van der Waals surface area contributed by atoms with Crippen LogP contribution in [-0.4, -0.2) is 63.4 Å². The molecule has 1 saturated heterocycles. The van der Waals surface area contributed by atoms with Gasteiger partial charge in [-0.1, -0.05) is 37.3 Å². The highest BCUT2D eigenvalue weighted by atomic mass is 16.6. The van der Waals surface area contributed by atoms with E-state index in [1.54, 1.807) is 15.8 Å². The van der Waals surface area contributed by atoms with Crippen molar-refractivity contribution in [3.8, 4) is 11.3 Å². The van der Waals surface area contributed by atoms with Crippen molar-refractivity contribution >= 4 is 23.5 Å². The number of pyridine rings is 1. The summed E-state index contributed by atoms with van der Waals surface area (Å²) in [5.41, 5.74) is 2.36. The Hall–Kier alpha value is -3.88. The Bertz CT molecular complexity index is 1180. The minimum absolute atomic E-state index is 0.223. The van der Waals surface area contributed by atoms with E-state index in [9.17, 15) is 9.59 Å². The van der Waals surface area contributed by atoms with Crippen LogP contribution in [0.2, 0.25) is 0 Å². The molecule has 0 bridgehead atoms. The van der Waals surface area contributed by atoms with E-state index in [1.165, 1.54) is 0 Å². The van der Waals surface area contributed by atoms with Crippen LogP contribution in [0, 0.1) is 0 Å². The number of anilines is 2. The zero-order valence-corrected chi connectivity index (χ0v) is 21.4. The molecule has 9 nitrogen and oxygen atoms in total. The van der Waals surface area contributed by atoms with Crippen LogP contribution >= 0.6 is 0 Å². The molecule has 0 spiro atoms. The first-order chi connectivity index (χ1) is 17.2. The average Bonchev–Trinajstić information content (AvgIpc) is 3.28. The van der Waals surface area contributed by atoms with Gasteiger partial charge in [0.1, 0.15) is 17.1 Å². The molecule has 2 aromatic heterocycles. The number of hydrogen-bond donors (Lipinski definition) is 1. The number of aromatic nitrogens is 3. The minimum atomic E-state index is -0.507. The van der Waals surface area contributed by atoms with E-state index < -0.39 is 5.60 Å². The number of carbonyl (C=O) groups is 2. The number of rotatable bonds is 6. The molecule has 0 atom stereocenters. The second-order valence-electron chi connectivity index (χ2n) is 9.82. The van der Waals surface area contributed by atoms with Crippen LogP contribution in [0.4, 0.5) is 16.3 Å². The van der Waals surface area contributed by atoms with E-state index in [1.807, 2.05) is 69.3 Å². The van der Waals surface area contributed by atoms with E-state index in [-0.39, 0.29) is 12.0 Å².